The van der Waals surface area contributed by atoms with Gasteiger partial charge in [0.25, 0.3) is 0 Å². The highest BCUT2D eigenvalue weighted by molar-refractivity contribution is 7.09. The largest absolute Gasteiger partial charge is 0.452 e. The van der Waals surface area contributed by atoms with E-state index >= 15 is 0 Å². The number of hydrogen-bond donors (Lipinski definition) is 1. The fraction of sp³-hybridized carbons (Fsp3) is 0.800. The smallest absolute Gasteiger partial charge is 0.342 e. The molecule has 1 aromatic heterocycles. The number of hydrogen-bond acceptors (Lipinski definition) is 5. The van der Waals surface area contributed by atoms with Gasteiger partial charge in [0, 0.05) is 30.2 Å². The molecule has 2 N–H and O–H groups in total. The van der Waals surface area contributed by atoms with Crippen LogP contribution in [0.4, 0.5) is 18.3 Å². The number of aromatic nitrogens is 2. The van der Waals surface area contributed by atoms with Gasteiger partial charge in [-0.25, -0.2) is 0 Å². The molecule has 1 aliphatic rings. The van der Waals surface area contributed by atoms with Crippen LogP contribution in [0.15, 0.2) is 0 Å². The van der Waals surface area contributed by atoms with E-state index in [0.29, 0.717) is 11.7 Å². The van der Waals surface area contributed by atoms with Crippen LogP contribution in [0.3, 0.4) is 0 Å². The van der Waals surface area contributed by atoms with E-state index in [1.165, 1.54) is 0 Å². The van der Waals surface area contributed by atoms with Gasteiger partial charge in [0.2, 0.25) is 11.0 Å². The Balaban J connectivity index is 2.21. The summed E-state index contributed by atoms with van der Waals surface area (Å²) in [5.74, 6) is -1.06. The molecule has 2 atom stereocenters. The maximum Gasteiger partial charge on any atom is 0.452 e. The van der Waals surface area contributed by atoms with Gasteiger partial charge in [0.15, 0.2) is 0 Å². The molecule has 0 radical (unpaired) electrons. The number of alkyl halides is 3. The minimum Gasteiger partial charge on any atom is -0.342 e. The van der Waals surface area contributed by atoms with Gasteiger partial charge in [-0.05, 0) is 26.2 Å². The van der Waals surface area contributed by atoms with Crippen molar-refractivity contribution in [3.63, 3.8) is 0 Å². The molecule has 2 unspecified atom stereocenters. The molecule has 0 amide bonds. The number of piperidine rings is 1. The summed E-state index contributed by atoms with van der Waals surface area (Å²) in [7, 11) is 0. The second-order valence-electron chi connectivity index (χ2n) is 4.51. The molecule has 2 heterocycles. The summed E-state index contributed by atoms with van der Waals surface area (Å²) >= 11 is 0.793. The first-order valence-electron chi connectivity index (χ1n) is 5.82. The Morgan fingerprint density at radius 2 is 2.17 bits per heavy atom. The zero-order valence-electron chi connectivity index (χ0n) is 9.94. The van der Waals surface area contributed by atoms with Crippen molar-refractivity contribution in [3.8, 4) is 0 Å². The van der Waals surface area contributed by atoms with Crippen molar-refractivity contribution in [3.05, 3.63) is 5.82 Å². The summed E-state index contributed by atoms with van der Waals surface area (Å²) < 4.78 is 40.8. The van der Waals surface area contributed by atoms with Crippen LogP contribution in [0.2, 0.25) is 0 Å². The molecular formula is C10H15F3N4S. The molecule has 4 nitrogen and oxygen atoms in total. The summed E-state index contributed by atoms with van der Waals surface area (Å²) in [4.78, 5) is 5.45. The molecule has 1 aromatic rings. The Labute approximate surface area is 107 Å². The lowest BCUT2D eigenvalue weighted by atomic mass is 9.98. The van der Waals surface area contributed by atoms with E-state index in [2.05, 4.69) is 9.36 Å². The first-order valence-corrected chi connectivity index (χ1v) is 6.60. The van der Waals surface area contributed by atoms with Gasteiger partial charge in [-0.3, -0.25) is 0 Å². The predicted octanol–water partition coefficient (Wildman–Crippen LogP) is 2.26. The number of anilines is 1. The average Bonchev–Trinajstić information content (AvgIpc) is 2.77. The molecule has 2 rings (SSSR count). The summed E-state index contributed by atoms with van der Waals surface area (Å²) in [5.41, 5.74) is 5.88. The van der Waals surface area contributed by atoms with Gasteiger partial charge in [-0.15, -0.1) is 0 Å². The van der Waals surface area contributed by atoms with Crippen LogP contribution in [0.1, 0.15) is 32.0 Å². The Bertz CT molecular complexity index is 404. The third-order valence-corrected chi connectivity index (χ3v) is 3.82. The Morgan fingerprint density at radius 1 is 1.44 bits per heavy atom. The van der Waals surface area contributed by atoms with E-state index in [1.807, 2.05) is 11.8 Å². The predicted molar refractivity (Wildman–Crippen MR) is 63.5 cm³/mol. The van der Waals surface area contributed by atoms with Gasteiger partial charge in [-0.1, -0.05) is 0 Å². The minimum absolute atomic E-state index is 0.0489. The average molecular weight is 280 g/mol. The first kappa shape index (κ1) is 13.5. The molecule has 1 fully saturated rings. The van der Waals surface area contributed by atoms with Crippen molar-refractivity contribution >= 4 is 16.7 Å². The van der Waals surface area contributed by atoms with Crippen molar-refractivity contribution in [2.24, 2.45) is 5.73 Å². The van der Waals surface area contributed by atoms with E-state index in [-0.39, 0.29) is 12.1 Å². The Morgan fingerprint density at radius 3 is 2.72 bits per heavy atom. The third kappa shape index (κ3) is 2.74. The number of rotatable bonds is 2. The molecule has 102 valence electrons. The normalized spacial score (nSPS) is 23.2. The third-order valence-electron chi connectivity index (χ3n) is 3.07. The molecule has 0 saturated carbocycles. The van der Waals surface area contributed by atoms with Crippen LogP contribution in [0.5, 0.6) is 0 Å². The van der Waals surface area contributed by atoms with Crippen molar-refractivity contribution in [1.29, 1.82) is 0 Å². The maximum absolute atomic E-state index is 12.5. The Kier molecular flexibility index (Phi) is 3.76. The highest BCUT2D eigenvalue weighted by atomic mass is 32.1. The molecule has 0 aliphatic carbocycles. The van der Waals surface area contributed by atoms with Gasteiger partial charge in [0.05, 0.1) is 0 Å². The van der Waals surface area contributed by atoms with E-state index < -0.39 is 12.0 Å². The van der Waals surface area contributed by atoms with E-state index in [0.717, 1.165) is 30.8 Å². The van der Waals surface area contributed by atoms with E-state index in [1.54, 1.807) is 0 Å². The van der Waals surface area contributed by atoms with Crippen molar-refractivity contribution < 1.29 is 13.2 Å². The summed E-state index contributed by atoms with van der Waals surface area (Å²) in [6, 6.07) is -0.0451. The lowest BCUT2D eigenvalue weighted by Gasteiger charge is -2.37. The van der Waals surface area contributed by atoms with Gasteiger partial charge in [-0.2, -0.15) is 22.5 Å². The molecule has 0 bridgehead atoms. The SMILES string of the molecule is CC(N)C1CCCCN1c1nc(C(F)(F)F)ns1. The molecule has 0 spiro atoms. The standard InChI is InChI=1S/C10H15F3N4S/c1-6(14)7-4-2-3-5-17(7)9-15-8(16-18-9)10(11,12)13/h6-7H,2-5,14H2,1H3. The quantitative estimate of drug-likeness (QED) is 0.903. The van der Waals surface area contributed by atoms with Crippen LogP contribution in [0, 0.1) is 0 Å². The summed E-state index contributed by atoms with van der Waals surface area (Å²) in [5, 5.41) is 0.323. The fourth-order valence-corrected chi connectivity index (χ4v) is 2.96. The van der Waals surface area contributed by atoms with E-state index in [4.69, 9.17) is 5.73 Å². The van der Waals surface area contributed by atoms with Gasteiger partial charge in [0.1, 0.15) is 0 Å². The fourth-order valence-electron chi connectivity index (χ4n) is 2.19. The van der Waals surface area contributed by atoms with Crippen molar-refractivity contribution in [2.75, 3.05) is 11.4 Å². The Hall–Kier alpha value is -0.890. The van der Waals surface area contributed by atoms with Crippen LogP contribution < -0.4 is 10.6 Å². The molecular weight excluding hydrogens is 265 g/mol. The molecule has 1 saturated heterocycles. The maximum atomic E-state index is 12.5. The number of halogens is 3. The van der Waals surface area contributed by atoms with Gasteiger partial charge < -0.3 is 10.6 Å². The highest BCUT2D eigenvalue weighted by Crippen LogP contribution is 2.33. The van der Waals surface area contributed by atoms with E-state index in [9.17, 15) is 13.2 Å². The molecule has 1 aliphatic heterocycles. The molecule has 8 heteroatoms. The monoisotopic (exact) mass is 280 g/mol. The molecule has 0 aromatic carbocycles. The second kappa shape index (κ2) is 5.00. The van der Waals surface area contributed by atoms with Crippen molar-refractivity contribution in [2.45, 2.75) is 44.4 Å². The van der Waals surface area contributed by atoms with Crippen LogP contribution in [-0.2, 0) is 6.18 Å². The highest BCUT2D eigenvalue weighted by Gasteiger charge is 2.37. The second-order valence-corrected chi connectivity index (χ2v) is 5.24. The molecule has 18 heavy (non-hydrogen) atoms. The van der Waals surface area contributed by atoms with Gasteiger partial charge >= 0.3 is 6.18 Å². The topological polar surface area (TPSA) is 55.0 Å². The zero-order valence-corrected chi connectivity index (χ0v) is 10.8. The zero-order chi connectivity index (χ0) is 13.3. The summed E-state index contributed by atoms with van der Waals surface area (Å²) in [6.45, 7) is 2.56. The number of nitrogens with two attached hydrogens (primary N) is 1. The first-order chi connectivity index (χ1) is 8.39. The van der Waals surface area contributed by atoms with Crippen LogP contribution >= 0.6 is 11.5 Å². The summed E-state index contributed by atoms with van der Waals surface area (Å²) in [6.07, 6.45) is -1.59. The lowest BCUT2D eigenvalue weighted by molar-refractivity contribution is -0.144. The number of nitrogens with zero attached hydrogens (tertiary/aromatic N) is 3. The van der Waals surface area contributed by atoms with Crippen LogP contribution in [-0.4, -0.2) is 28.0 Å². The minimum atomic E-state index is -4.48. The lowest BCUT2D eigenvalue weighted by Crippen LogP contribution is -2.49. The van der Waals surface area contributed by atoms with Crippen molar-refractivity contribution in [1.82, 2.24) is 9.36 Å². The van der Waals surface area contributed by atoms with Crippen LogP contribution in [0.25, 0.3) is 0 Å².